The number of rotatable bonds is 3. The summed E-state index contributed by atoms with van der Waals surface area (Å²) in [7, 11) is 0. The molecule has 6 nitrogen and oxygen atoms in total. The lowest BCUT2D eigenvalue weighted by Crippen LogP contribution is -2.14. The summed E-state index contributed by atoms with van der Waals surface area (Å²) in [6.45, 7) is 0. The van der Waals surface area contributed by atoms with Crippen molar-refractivity contribution in [3.05, 3.63) is 70.5 Å². The highest BCUT2D eigenvalue weighted by molar-refractivity contribution is 5.88. The number of carboxylic acids is 1. The number of phenols is 1. The zero-order valence-electron chi connectivity index (χ0n) is 11.4. The van der Waals surface area contributed by atoms with Gasteiger partial charge in [-0.1, -0.05) is 18.2 Å². The molecule has 0 saturated carbocycles. The monoisotopic (exact) mass is 296 g/mol. The minimum Gasteiger partial charge on any atom is -0.508 e. The zero-order valence-corrected chi connectivity index (χ0v) is 11.4. The second kappa shape index (κ2) is 5.25. The second-order valence-electron chi connectivity index (χ2n) is 4.75. The topological polar surface area (TPSA) is 95.3 Å². The molecule has 0 aliphatic carbocycles. The van der Waals surface area contributed by atoms with Crippen LogP contribution in [-0.2, 0) is 0 Å². The number of aromatic amines is 1. The van der Waals surface area contributed by atoms with Crippen molar-refractivity contribution in [1.29, 1.82) is 0 Å². The third-order valence-electron chi connectivity index (χ3n) is 3.23. The summed E-state index contributed by atoms with van der Waals surface area (Å²) in [4.78, 5) is 23.1. The minimum absolute atomic E-state index is 0.0953. The van der Waals surface area contributed by atoms with Crippen LogP contribution >= 0.6 is 0 Å². The van der Waals surface area contributed by atoms with Gasteiger partial charge in [-0.05, 0) is 30.3 Å². The van der Waals surface area contributed by atoms with Gasteiger partial charge in [-0.25, -0.2) is 9.48 Å². The number of H-pyrrole nitrogens is 1. The fourth-order valence-corrected chi connectivity index (χ4v) is 2.19. The van der Waals surface area contributed by atoms with Crippen LogP contribution in [0.15, 0.2) is 59.4 Å². The Morgan fingerprint density at radius 3 is 2.55 bits per heavy atom. The first-order valence-corrected chi connectivity index (χ1v) is 6.50. The van der Waals surface area contributed by atoms with E-state index in [4.69, 9.17) is 5.11 Å². The van der Waals surface area contributed by atoms with E-state index >= 15 is 0 Å². The van der Waals surface area contributed by atoms with Crippen LogP contribution in [0.2, 0.25) is 0 Å². The van der Waals surface area contributed by atoms with Crippen LogP contribution in [0.1, 0.15) is 10.4 Å². The van der Waals surface area contributed by atoms with Gasteiger partial charge in [0.15, 0.2) is 0 Å². The highest BCUT2D eigenvalue weighted by Gasteiger charge is 2.09. The number of carboxylic acid groups (broad SMARTS) is 1. The second-order valence-corrected chi connectivity index (χ2v) is 4.75. The summed E-state index contributed by atoms with van der Waals surface area (Å²) in [6, 6.07) is 14.0. The van der Waals surface area contributed by atoms with E-state index in [0.717, 1.165) is 0 Å². The number of benzene rings is 2. The van der Waals surface area contributed by atoms with Crippen molar-refractivity contribution in [2.24, 2.45) is 0 Å². The predicted molar refractivity (Wildman–Crippen MR) is 80.4 cm³/mol. The number of hydrogen-bond acceptors (Lipinski definition) is 3. The molecule has 3 N–H and O–H groups in total. The Labute approximate surface area is 124 Å². The van der Waals surface area contributed by atoms with Crippen molar-refractivity contribution in [3.8, 4) is 22.7 Å². The minimum atomic E-state index is -1.06. The first-order chi connectivity index (χ1) is 10.5. The normalized spacial score (nSPS) is 10.5. The lowest BCUT2D eigenvalue weighted by molar-refractivity contribution is 0.0697. The van der Waals surface area contributed by atoms with Gasteiger partial charge < -0.3 is 10.2 Å². The van der Waals surface area contributed by atoms with Crippen LogP contribution in [0.5, 0.6) is 5.75 Å². The van der Waals surface area contributed by atoms with E-state index in [1.165, 1.54) is 35.0 Å². The molecule has 110 valence electrons. The molecule has 0 atom stereocenters. The molecule has 0 radical (unpaired) electrons. The summed E-state index contributed by atoms with van der Waals surface area (Å²) in [5.74, 6) is -0.964. The lowest BCUT2D eigenvalue weighted by atomic mass is 10.1. The molecule has 0 unspecified atom stereocenters. The highest BCUT2D eigenvalue weighted by atomic mass is 16.4. The summed E-state index contributed by atoms with van der Waals surface area (Å²) in [5, 5.41) is 21.4. The van der Waals surface area contributed by atoms with Crippen molar-refractivity contribution in [3.63, 3.8) is 0 Å². The van der Waals surface area contributed by atoms with Gasteiger partial charge in [-0.15, -0.1) is 0 Å². The zero-order chi connectivity index (χ0) is 15.7. The number of aromatic nitrogens is 2. The molecule has 2 aromatic carbocycles. The Morgan fingerprint density at radius 2 is 1.82 bits per heavy atom. The van der Waals surface area contributed by atoms with Crippen molar-refractivity contribution in [1.82, 2.24) is 9.78 Å². The average Bonchev–Trinajstić information content (AvgIpc) is 2.89. The molecular weight excluding hydrogens is 284 g/mol. The van der Waals surface area contributed by atoms with Gasteiger partial charge in [0.25, 0.3) is 5.56 Å². The van der Waals surface area contributed by atoms with Gasteiger partial charge in [0, 0.05) is 11.6 Å². The van der Waals surface area contributed by atoms with Gasteiger partial charge in [-0.2, -0.15) is 0 Å². The standard InChI is InChI=1S/C16H12N2O4/c19-13-6-2-3-10(8-13)14-9-15(20)18(17-14)12-5-1-4-11(7-12)16(21)22/h1-9,17,19H,(H,21,22). The molecule has 0 aliphatic heterocycles. The summed E-state index contributed by atoms with van der Waals surface area (Å²) in [6.07, 6.45) is 0. The molecule has 6 heteroatoms. The number of carbonyl (C=O) groups is 1. The van der Waals surface area contributed by atoms with Crippen molar-refractivity contribution in [2.45, 2.75) is 0 Å². The number of phenolic OH excluding ortho intramolecular Hbond substituents is 1. The summed E-state index contributed by atoms with van der Waals surface area (Å²) < 4.78 is 1.26. The molecule has 3 aromatic rings. The van der Waals surface area contributed by atoms with E-state index in [2.05, 4.69) is 5.10 Å². The van der Waals surface area contributed by atoms with E-state index in [0.29, 0.717) is 16.9 Å². The van der Waals surface area contributed by atoms with Gasteiger partial charge >= 0.3 is 5.97 Å². The molecule has 0 bridgehead atoms. The largest absolute Gasteiger partial charge is 0.508 e. The molecule has 1 heterocycles. The van der Waals surface area contributed by atoms with E-state index in [1.807, 2.05) is 0 Å². The Hall–Kier alpha value is -3.28. The maximum Gasteiger partial charge on any atom is 0.335 e. The molecule has 0 aliphatic rings. The predicted octanol–water partition coefficient (Wildman–Crippen LogP) is 2.24. The molecule has 0 saturated heterocycles. The maximum absolute atomic E-state index is 12.1. The van der Waals surface area contributed by atoms with E-state index in [9.17, 15) is 14.7 Å². The third kappa shape index (κ3) is 2.49. The SMILES string of the molecule is O=C(O)c1cccc(-n2[nH]c(-c3cccc(O)c3)cc2=O)c1. The average molecular weight is 296 g/mol. The Bertz CT molecular complexity index is 908. The van der Waals surface area contributed by atoms with Crippen LogP contribution in [0.3, 0.4) is 0 Å². The number of nitrogens with zero attached hydrogens (tertiary/aromatic N) is 1. The number of aromatic hydroxyl groups is 1. The molecule has 0 amide bonds. The van der Waals surface area contributed by atoms with Gasteiger partial charge in [0.1, 0.15) is 5.75 Å². The van der Waals surface area contributed by atoms with Crippen molar-refractivity contribution < 1.29 is 15.0 Å². The van der Waals surface area contributed by atoms with Crippen molar-refractivity contribution >= 4 is 5.97 Å². The fraction of sp³-hybridized carbons (Fsp3) is 0. The van der Waals surface area contributed by atoms with Crippen LogP contribution < -0.4 is 5.56 Å². The van der Waals surface area contributed by atoms with Gasteiger partial charge in [0.05, 0.1) is 16.9 Å². The van der Waals surface area contributed by atoms with Crippen molar-refractivity contribution in [2.75, 3.05) is 0 Å². The van der Waals surface area contributed by atoms with Gasteiger partial charge in [0.2, 0.25) is 0 Å². The maximum atomic E-state index is 12.1. The lowest BCUT2D eigenvalue weighted by Gasteiger charge is -2.04. The summed E-state index contributed by atoms with van der Waals surface area (Å²) >= 11 is 0. The fourth-order valence-electron chi connectivity index (χ4n) is 2.19. The van der Waals surface area contributed by atoms with E-state index in [1.54, 1.807) is 24.3 Å². The number of nitrogens with one attached hydrogen (secondary N) is 1. The quantitative estimate of drug-likeness (QED) is 0.690. The molecule has 3 rings (SSSR count). The Morgan fingerprint density at radius 1 is 1.05 bits per heavy atom. The number of aromatic carboxylic acids is 1. The highest BCUT2D eigenvalue weighted by Crippen LogP contribution is 2.21. The van der Waals surface area contributed by atoms with Crippen LogP contribution in [0.25, 0.3) is 16.9 Å². The molecule has 1 aromatic heterocycles. The third-order valence-corrected chi connectivity index (χ3v) is 3.23. The smallest absolute Gasteiger partial charge is 0.335 e. The molecular formula is C16H12N2O4. The summed E-state index contributed by atoms with van der Waals surface area (Å²) in [5.41, 5.74) is 1.39. The first kappa shape index (κ1) is 13.7. The van der Waals surface area contributed by atoms with Crippen LogP contribution in [-0.4, -0.2) is 26.0 Å². The first-order valence-electron chi connectivity index (χ1n) is 6.50. The number of hydrogen-bond donors (Lipinski definition) is 3. The van der Waals surface area contributed by atoms with Gasteiger partial charge in [-0.3, -0.25) is 9.89 Å². The molecule has 22 heavy (non-hydrogen) atoms. The Balaban J connectivity index is 2.08. The van der Waals surface area contributed by atoms with Crippen LogP contribution in [0, 0.1) is 0 Å². The van der Waals surface area contributed by atoms with E-state index < -0.39 is 5.97 Å². The Kier molecular flexibility index (Phi) is 3.27. The molecule has 0 fully saturated rings. The van der Waals surface area contributed by atoms with E-state index in [-0.39, 0.29) is 16.9 Å². The molecule has 0 spiro atoms. The van der Waals surface area contributed by atoms with Crippen LogP contribution in [0.4, 0.5) is 0 Å².